The number of aliphatic hydroxyl groups is 1. The first kappa shape index (κ1) is 18.9. The van der Waals surface area contributed by atoms with E-state index in [1.165, 1.54) is 5.57 Å². The van der Waals surface area contributed by atoms with Crippen LogP contribution in [0, 0.1) is 6.92 Å². The molecule has 1 N–H and O–H groups in total. The zero-order valence-electron chi connectivity index (χ0n) is 15.6. The molecule has 24 heavy (non-hydrogen) atoms. The van der Waals surface area contributed by atoms with Gasteiger partial charge in [-0.15, -0.1) is 0 Å². The zero-order chi connectivity index (χ0) is 17.5. The molecule has 1 aliphatic rings. The van der Waals surface area contributed by atoms with Gasteiger partial charge in [0, 0.05) is 50.6 Å². The number of rotatable bonds is 7. The molecule has 0 aromatic carbocycles. The fraction of sp³-hybridized carbons (Fsp3) is 0.684. The van der Waals surface area contributed by atoms with E-state index < -0.39 is 0 Å². The summed E-state index contributed by atoms with van der Waals surface area (Å²) in [6.45, 7) is 12.5. The quantitative estimate of drug-likeness (QED) is 0.778. The fourth-order valence-corrected chi connectivity index (χ4v) is 3.22. The Labute approximate surface area is 146 Å². The van der Waals surface area contributed by atoms with E-state index in [1.807, 2.05) is 6.92 Å². The van der Waals surface area contributed by atoms with Crippen molar-refractivity contribution in [2.75, 3.05) is 37.7 Å². The number of nitrogens with zero attached hydrogens (tertiary/aromatic N) is 4. The van der Waals surface area contributed by atoms with E-state index in [0.717, 1.165) is 62.8 Å². The first-order valence-electron chi connectivity index (χ1n) is 9.11. The summed E-state index contributed by atoms with van der Waals surface area (Å²) in [5, 5.41) is 9.44. The Kier molecular flexibility index (Phi) is 7.18. The number of hydrogen-bond acceptors (Lipinski definition) is 5. The summed E-state index contributed by atoms with van der Waals surface area (Å²) < 4.78 is 0. The number of aromatic nitrogens is 2. The molecule has 1 atom stereocenters. The number of piperazine rings is 1. The Balaban J connectivity index is 2.12. The van der Waals surface area contributed by atoms with Crippen LogP contribution < -0.4 is 4.90 Å². The lowest BCUT2D eigenvalue weighted by Crippen LogP contribution is -2.53. The van der Waals surface area contributed by atoms with Crippen molar-refractivity contribution in [1.29, 1.82) is 0 Å². The summed E-state index contributed by atoms with van der Waals surface area (Å²) in [7, 11) is 0. The number of aryl methyl sites for hydroxylation is 2. The molecule has 0 spiro atoms. The van der Waals surface area contributed by atoms with E-state index in [0.29, 0.717) is 6.04 Å². The van der Waals surface area contributed by atoms with Crippen molar-refractivity contribution in [3.05, 3.63) is 29.2 Å². The van der Waals surface area contributed by atoms with Crippen LogP contribution in [0.3, 0.4) is 0 Å². The summed E-state index contributed by atoms with van der Waals surface area (Å²) in [6, 6.07) is 2.50. The van der Waals surface area contributed by atoms with Crippen LogP contribution >= 0.6 is 0 Å². The Morgan fingerprint density at radius 2 is 2.12 bits per heavy atom. The predicted molar refractivity (Wildman–Crippen MR) is 99.5 cm³/mol. The highest BCUT2D eigenvalue weighted by Gasteiger charge is 2.27. The van der Waals surface area contributed by atoms with E-state index in [4.69, 9.17) is 0 Å². The maximum Gasteiger partial charge on any atom is 0.132 e. The smallest absolute Gasteiger partial charge is 0.132 e. The molecule has 0 saturated carbocycles. The molecule has 1 saturated heterocycles. The maximum absolute atomic E-state index is 9.44. The van der Waals surface area contributed by atoms with Gasteiger partial charge in [0.1, 0.15) is 11.6 Å². The van der Waals surface area contributed by atoms with Crippen LogP contribution in [0.15, 0.2) is 17.7 Å². The van der Waals surface area contributed by atoms with Crippen LogP contribution in [0.1, 0.15) is 45.1 Å². The molecule has 0 aliphatic carbocycles. The molecular weight excluding hydrogens is 300 g/mol. The largest absolute Gasteiger partial charge is 0.396 e. The zero-order valence-corrected chi connectivity index (χ0v) is 15.6. The van der Waals surface area contributed by atoms with Gasteiger partial charge in [-0.25, -0.2) is 9.97 Å². The first-order valence-corrected chi connectivity index (χ1v) is 9.11. The highest BCUT2D eigenvalue weighted by atomic mass is 16.3. The average molecular weight is 332 g/mol. The molecule has 1 aliphatic heterocycles. The number of aliphatic hydroxyl groups excluding tert-OH is 1. The molecule has 1 aromatic heterocycles. The predicted octanol–water partition coefficient (Wildman–Crippen LogP) is 2.58. The van der Waals surface area contributed by atoms with Crippen molar-refractivity contribution in [3.63, 3.8) is 0 Å². The van der Waals surface area contributed by atoms with Gasteiger partial charge in [0.15, 0.2) is 0 Å². The van der Waals surface area contributed by atoms with Gasteiger partial charge in [-0.1, -0.05) is 25.0 Å². The second-order valence-electron chi connectivity index (χ2n) is 6.90. The molecule has 2 rings (SSSR count). The summed E-state index contributed by atoms with van der Waals surface area (Å²) >= 11 is 0. The second kappa shape index (κ2) is 9.14. The van der Waals surface area contributed by atoms with Crippen LogP contribution in [0.25, 0.3) is 0 Å². The van der Waals surface area contributed by atoms with Crippen molar-refractivity contribution in [1.82, 2.24) is 14.9 Å². The third-order valence-electron chi connectivity index (χ3n) is 4.51. The van der Waals surface area contributed by atoms with Gasteiger partial charge in [0.05, 0.1) is 0 Å². The van der Waals surface area contributed by atoms with Crippen LogP contribution in [0.4, 0.5) is 5.82 Å². The molecule has 5 heteroatoms. The van der Waals surface area contributed by atoms with Crippen LogP contribution in [-0.2, 0) is 6.42 Å². The summed E-state index contributed by atoms with van der Waals surface area (Å²) in [5.74, 6) is 1.89. The number of anilines is 1. The monoisotopic (exact) mass is 332 g/mol. The van der Waals surface area contributed by atoms with Gasteiger partial charge < -0.3 is 10.0 Å². The Morgan fingerprint density at radius 3 is 2.79 bits per heavy atom. The van der Waals surface area contributed by atoms with Crippen LogP contribution in [0.2, 0.25) is 0 Å². The van der Waals surface area contributed by atoms with Gasteiger partial charge in [-0.05, 0) is 33.6 Å². The Hall–Kier alpha value is -1.46. The molecule has 134 valence electrons. The van der Waals surface area contributed by atoms with E-state index in [2.05, 4.69) is 52.7 Å². The third kappa shape index (κ3) is 5.28. The molecule has 1 aromatic rings. The van der Waals surface area contributed by atoms with Crippen LogP contribution in [-0.4, -0.2) is 58.8 Å². The lowest BCUT2D eigenvalue weighted by atomic mass is 10.1. The average Bonchev–Trinajstić information content (AvgIpc) is 2.53. The van der Waals surface area contributed by atoms with Crippen molar-refractivity contribution in [3.8, 4) is 0 Å². The number of hydrogen-bond donors (Lipinski definition) is 1. The lowest BCUT2D eigenvalue weighted by Gasteiger charge is -2.41. The summed E-state index contributed by atoms with van der Waals surface area (Å²) in [4.78, 5) is 14.0. The van der Waals surface area contributed by atoms with E-state index in [9.17, 15) is 5.11 Å². The van der Waals surface area contributed by atoms with Crippen molar-refractivity contribution in [2.24, 2.45) is 0 Å². The minimum atomic E-state index is 0.230. The fourth-order valence-electron chi connectivity index (χ4n) is 3.22. The molecule has 0 radical (unpaired) electrons. The van der Waals surface area contributed by atoms with E-state index >= 15 is 0 Å². The van der Waals surface area contributed by atoms with E-state index in [1.54, 1.807) is 0 Å². The topological polar surface area (TPSA) is 52.5 Å². The van der Waals surface area contributed by atoms with Gasteiger partial charge in [0.25, 0.3) is 0 Å². The standard InChI is InChI=1S/C19H32N4O/c1-5-6-17-13-19(21-16(4)20-17)23-11-10-22(9-7-15(2)3)18(14-23)8-12-24/h7,13,18,24H,5-6,8-12,14H2,1-4H3. The second-order valence-corrected chi connectivity index (χ2v) is 6.90. The van der Waals surface area contributed by atoms with Gasteiger partial charge >= 0.3 is 0 Å². The van der Waals surface area contributed by atoms with Crippen LogP contribution in [0.5, 0.6) is 0 Å². The minimum absolute atomic E-state index is 0.230. The summed E-state index contributed by atoms with van der Waals surface area (Å²) in [6.07, 6.45) is 5.17. The molecule has 5 nitrogen and oxygen atoms in total. The first-order chi connectivity index (χ1) is 11.5. The van der Waals surface area contributed by atoms with Crippen molar-refractivity contribution >= 4 is 5.82 Å². The Morgan fingerprint density at radius 1 is 1.33 bits per heavy atom. The molecule has 0 amide bonds. The maximum atomic E-state index is 9.44. The normalized spacial score (nSPS) is 18.7. The van der Waals surface area contributed by atoms with Crippen molar-refractivity contribution < 1.29 is 5.11 Å². The van der Waals surface area contributed by atoms with Gasteiger partial charge in [-0.2, -0.15) is 0 Å². The molecule has 1 fully saturated rings. The lowest BCUT2D eigenvalue weighted by molar-refractivity contribution is 0.155. The highest BCUT2D eigenvalue weighted by molar-refractivity contribution is 5.41. The molecular formula is C19H32N4O. The SMILES string of the molecule is CCCc1cc(N2CCN(CC=C(C)C)C(CCO)C2)nc(C)n1. The van der Waals surface area contributed by atoms with E-state index in [-0.39, 0.29) is 6.61 Å². The highest BCUT2D eigenvalue weighted by Crippen LogP contribution is 2.20. The van der Waals surface area contributed by atoms with Gasteiger partial charge in [-0.3, -0.25) is 4.90 Å². The molecule has 2 heterocycles. The third-order valence-corrected chi connectivity index (χ3v) is 4.51. The molecule has 0 bridgehead atoms. The summed E-state index contributed by atoms with van der Waals surface area (Å²) in [5.41, 5.74) is 2.47. The van der Waals surface area contributed by atoms with Gasteiger partial charge in [0.2, 0.25) is 0 Å². The molecule has 1 unspecified atom stereocenters. The minimum Gasteiger partial charge on any atom is -0.396 e. The number of allylic oxidation sites excluding steroid dienone is 1. The van der Waals surface area contributed by atoms with Crippen molar-refractivity contribution in [2.45, 2.75) is 53.0 Å². The Bertz CT molecular complexity index is 554.